The predicted molar refractivity (Wildman–Crippen MR) is 79.2 cm³/mol. The zero-order valence-corrected chi connectivity index (χ0v) is 12.6. The number of nitrogens with two attached hydrogens (primary N) is 1. The van der Waals surface area contributed by atoms with E-state index in [2.05, 4.69) is 32.2 Å². The van der Waals surface area contributed by atoms with E-state index in [1.807, 2.05) is 0 Å². The van der Waals surface area contributed by atoms with E-state index in [0.717, 1.165) is 17.8 Å². The molecule has 0 amide bonds. The molecule has 2 aromatic heterocycles. The van der Waals surface area contributed by atoms with Crippen molar-refractivity contribution >= 4 is 22.7 Å². The summed E-state index contributed by atoms with van der Waals surface area (Å²) in [5.74, 6) is 0. The number of hydrogen-bond acceptors (Lipinski definition) is 4. The Morgan fingerprint density at radius 3 is 2.89 bits per heavy atom. The molecule has 0 fully saturated rings. The first-order chi connectivity index (χ1) is 8.46. The van der Waals surface area contributed by atoms with Crippen LogP contribution in [-0.2, 0) is 6.42 Å². The van der Waals surface area contributed by atoms with Gasteiger partial charge in [-0.05, 0) is 42.2 Å². The first-order valence-corrected chi connectivity index (χ1v) is 7.95. The van der Waals surface area contributed by atoms with Crippen LogP contribution in [0.15, 0.2) is 11.4 Å². The number of hydrogen-bond donors (Lipinski definition) is 1. The van der Waals surface area contributed by atoms with Gasteiger partial charge in [0.1, 0.15) is 5.01 Å². The predicted octanol–water partition coefficient (Wildman–Crippen LogP) is 4.15. The second kappa shape index (κ2) is 4.15. The van der Waals surface area contributed by atoms with Crippen molar-refractivity contribution in [3.05, 3.63) is 27.6 Å². The van der Waals surface area contributed by atoms with E-state index >= 15 is 0 Å². The van der Waals surface area contributed by atoms with Gasteiger partial charge in [-0.25, -0.2) is 4.98 Å². The summed E-state index contributed by atoms with van der Waals surface area (Å²) in [6.07, 6.45) is 2.11. The number of fused-ring (bicyclic) bond motifs is 1. The minimum Gasteiger partial charge on any atom is -0.323 e. The fourth-order valence-corrected chi connectivity index (χ4v) is 4.85. The molecule has 0 radical (unpaired) electrons. The fraction of sp³-hybridized carbons (Fsp3) is 0.500. The summed E-state index contributed by atoms with van der Waals surface area (Å²) < 4.78 is 0. The molecule has 2 N–H and O–H groups in total. The van der Waals surface area contributed by atoms with Crippen molar-refractivity contribution < 1.29 is 0 Å². The molecule has 18 heavy (non-hydrogen) atoms. The van der Waals surface area contributed by atoms with Crippen molar-refractivity contribution in [2.24, 2.45) is 11.1 Å². The van der Waals surface area contributed by atoms with Gasteiger partial charge in [-0.3, -0.25) is 0 Å². The first-order valence-electron chi connectivity index (χ1n) is 6.26. The van der Waals surface area contributed by atoms with Gasteiger partial charge < -0.3 is 5.73 Å². The first kappa shape index (κ1) is 12.3. The molecule has 0 saturated carbocycles. The van der Waals surface area contributed by atoms with Gasteiger partial charge in [0.2, 0.25) is 0 Å². The van der Waals surface area contributed by atoms with Crippen LogP contribution in [0.25, 0.3) is 9.88 Å². The lowest BCUT2D eigenvalue weighted by atomic mass is 9.77. The standard InChI is InChI=1S/C14H18N2S2/c1-8-4-5-17-11(8)13-16-10-7-14(2,3)6-9(15)12(10)18-13/h4-5,9H,6-7,15H2,1-3H3. The third kappa shape index (κ3) is 2.02. The highest BCUT2D eigenvalue weighted by Gasteiger charge is 2.33. The van der Waals surface area contributed by atoms with Gasteiger partial charge in [-0.1, -0.05) is 13.8 Å². The van der Waals surface area contributed by atoms with E-state index in [1.165, 1.54) is 21.0 Å². The van der Waals surface area contributed by atoms with Crippen LogP contribution >= 0.6 is 22.7 Å². The SMILES string of the molecule is Cc1ccsc1-c1nc2c(s1)C(N)CC(C)(C)C2. The van der Waals surface area contributed by atoms with Crippen LogP contribution in [0.4, 0.5) is 0 Å². The topological polar surface area (TPSA) is 38.9 Å². The molecule has 4 heteroatoms. The van der Waals surface area contributed by atoms with E-state index in [1.54, 1.807) is 22.7 Å². The summed E-state index contributed by atoms with van der Waals surface area (Å²) >= 11 is 3.56. The lowest BCUT2D eigenvalue weighted by molar-refractivity contribution is 0.282. The van der Waals surface area contributed by atoms with Gasteiger partial charge in [0.25, 0.3) is 0 Å². The molecule has 2 heterocycles. The molecule has 0 aliphatic heterocycles. The second-order valence-electron chi connectivity index (χ2n) is 5.91. The Hall–Kier alpha value is -0.710. The third-order valence-corrected chi connectivity index (χ3v) is 5.94. The maximum atomic E-state index is 6.30. The van der Waals surface area contributed by atoms with Crippen LogP contribution in [0.1, 0.15) is 42.4 Å². The molecule has 2 aromatic rings. The average molecular weight is 278 g/mol. The lowest BCUT2D eigenvalue weighted by Gasteiger charge is -2.32. The van der Waals surface area contributed by atoms with Crippen molar-refractivity contribution in [1.29, 1.82) is 0 Å². The minimum absolute atomic E-state index is 0.162. The molecule has 96 valence electrons. The third-order valence-electron chi connectivity index (χ3n) is 3.54. The Labute approximate surface area is 116 Å². The van der Waals surface area contributed by atoms with Crippen molar-refractivity contribution in [3.63, 3.8) is 0 Å². The number of thiophene rings is 1. The second-order valence-corrected chi connectivity index (χ2v) is 7.86. The molecule has 0 saturated heterocycles. The molecule has 0 aromatic carbocycles. The molecule has 1 aliphatic carbocycles. The quantitative estimate of drug-likeness (QED) is 0.851. The Bertz CT molecular complexity index is 580. The molecule has 1 atom stereocenters. The highest BCUT2D eigenvalue weighted by Crippen LogP contribution is 2.44. The number of aryl methyl sites for hydroxylation is 1. The Morgan fingerprint density at radius 2 is 2.22 bits per heavy atom. The van der Waals surface area contributed by atoms with Gasteiger partial charge in [-0.15, -0.1) is 22.7 Å². The molecule has 0 spiro atoms. The fourth-order valence-electron chi connectivity index (χ4n) is 2.68. The Morgan fingerprint density at radius 1 is 1.44 bits per heavy atom. The van der Waals surface area contributed by atoms with Crippen LogP contribution in [0.5, 0.6) is 0 Å². The van der Waals surface area contributed by atoms with Crippen molar-refractivity contribution in [1.82, 2.24) is 4.98 Å². The maximum absolute atomic E-state index is 6.30. The number of thiazole rings is 1. The average Bonchev–Trinajstić information content (AvgIpc) is 2.82. The highest BCUT2D eigenvalue weighted by molar-refractivity contribution is 7.21. The molecule has 2 nitrogen and oxygen atoms in total. The van der Waals surface area contributed by atoms with Gasteiger partial charge in [0.05, 0.1) is 10.6 Å². The smallest absolute Gasteiger partial charge is 0.134 e. The van der Waals surface area contributed by atoms with Gasteiger partial charge in [0.15, 0.2) is 0 Å². The van der Waals surface area contributed by atoms with Crippen LogP contribution in [0, 0.1) is 12.3 Å². The van der Waals surface area contributed by atoms with Gasteiger partial charge in [-0.2, -0.15) is 0 Å². The normalized spacial score (nSPS) is 21.9. The van der Waals surface area contributed by atoms with Crippen molar-refractivity contribution in [2.75, 3.05) is 0 Å². The summed E-state index contributed by atoms with van der Waals surface area (Å²) in [5, 5.41) is 3.29. The maximum Gasteiger partial charge on any atom is 0.134 e. The minimum atomic E-state index is 0.162. The summed E-state index contributed by atoms with van der Waals surface area (Å²) in [6.45, 7) is 6.71. The Kier molecular flexibility index (Phi) is 2.84. The molecule has 3 rings (SSSR count). The summed E-state index contributed by atoms with van der Waals surface area (Å²) in [6, 6.07) is 2.32. The molecule has 0 bridgehead atoms. The van der Waals surface area contributed by atoms with E-state index in [4.69, 9.17) is 10.7 Å². The highest BCUT2D eigenvalue weighted by atomic mass is 32.1. The van der Waals surface area contributed by atoms with Crippen LogP contribution in [0.3, 0.4) is 0 Å². The van der Waals surface area contributed by atoms with E-state index in [9.17, 15) is 0 Å². The van der Waals surface area contributed by atoms with Gasteiger partial charge >= 0.3 is 0 Å². The largest absolute Gasteiger partial charge is 0.323 e. The zero-order chi connectivity index (χ0) is 12.9. The molecular formula is C14H18N2S2. The van der Waals surface area contributed by atoms with E-state index in [0.29, 0.717) is 0 Å². The zero-order valence-electron chi connectivity index (χ0n) is 11.0. The Balaban J connectivity index is 2.06. The van der Waals surface area contributed by atoms with Crippen LogP contribution in [0.2, 0.25) is 0 Å². The van der Waals surface area contributed by atoms with Crippen LogP contribution in [-0.4, -0.2) is 4.98 Å². The van der Waals surface area contributed by atoms with E-state index in [-0.39, 0.29) is 11.5 Å². The molecular weight excluding hydrogens is 260 g/mol. The molecule has 1 aliphatic rings. The van der Waals surface area contributed by atoms with Crippen molar-refractivity contribution in [2.45, 2.75) is 39.7 Å². The van der Waals surface area contributed by atoms with E-state index < -0.39 is 0 Å². The monoisotopic (exact) mass is 278 g/mol. The summed E-state index contributed by atoms with van der Waals surface area (Å²) in [4.78, 5) is 7.46. The number of rotatable bonds is 1. The van der Waals surface area contributed by atoms with Crippen LogP contribution < -0.4 is 5.73 Å². The van der Waals surface area contributed by atoms with Gasteiger partial charge in [0, 0.05) is 10.9 Å². The summed E-state index contributed by atoms with van der Waals surface area (Å²) in [7, 11) is 0. The molecule has 1 unspecified atom stereocenters. The van der Waals surface area contributed by atoms with Crippen molar-refractivity contribution in [3.8, 4) is 9.88 Å². The lowest BCUT2D eigenvalue weighted by Crippen LogP contribution is -2.28. The summed E-state index contributed by atoms with van der Waals surface area (Å²) in [5.41, 5.74) is 9.13. The number of aromatic nitrogens is 1. The number of nitrogens with zero attached hydrogens (tertiary/aromatic N) is 1.